The number of hydrogen-bond acceptors (Lipinski definition) is 0. The van der Waals surface area contributed by atoms with E-state index in [0.717, 1.165) is 54.3 Å². The van der Waals surface area contributed by atoms with Crippen LogP contribution in [0, 0.1) is 0 Å². The second kappa shape index (κ2) is 12.2. The van der Waals surface area contributed by atoms with Gasteiger partial charge in [0.2, 0.25) is 0 Å². The van der Waals surface area contributed by atoms with E-state index in [-0.39, 0.29) is 0 Å². The zero-order valence-electron chi connectivity index (χ0n) is 23.9. The van der Waals surface area contributed by atoms with Crippen LogP contribution in [-0.2, 0) is 0 Å². The van der Waals surface area contributed by atoms with Gasteiger partial charge in [-0.15, -0.1) is 0 Å². The first-order chi connectivity index (χ1) is 21.8. The van der Waals surface area contributed by atoms with Gasteiger partial charge < -0.3 is 0 Å². The number of rotatable bonds is 4. The highest BCUT2D eigenvalue weighted by Gasteiger charge is 2.07. The fraction of sp³-hybridized carbons (Fsp3) is 0. The average molecular weight is 553 g/mol. The smallest absolute Gasteiger partial charge is 0.0497 e. The van der Waals surface area contributed by atoms with Crippen LogP contribution in [0.2, 0.25) is 0 Å². The van der Waals surface area contributed by atoms with Gasteiger partial charge in [-0.05, 0) is 73.5 Å². The van der Waals surface area contributed by atoms with Crippen molar-refractivity contribution in [3.63, 3.8) is 0 Å². The van der Waals surface area contributed by atoms with Gasteiger partial charge >= 0.3 is 0 Å². The Morgan fingerprint density at radius 1 is 0.250 bits per heavy atom. The van der Waals surface area contributed by atoms with Crippen molar-refractivity contribution in [3.05, 3.63) is 189 Å². The van der Waals surface area contributed by atoms with Gasteiger partial charge in [0, 0.05) is 20.9 Å². The molecule has 0 aromatic heterocycles. The predicted molar refractivity (Wildman–Crippen MR) is 181 cm³/mol. The molecule has 44 heavy (non-hydrogen) atoms. The van der Waals surface area contributed by atoms with Gasteiger partial charge in [-0.1, -0.05) is 162 Å². The van der Waals surface area contributed by atoms with Crippen molar-refractivity contribution in [1.29, 1.82) is 0 Å². The molecule has 1 aliphatic carbocycles. The van der Waals surface area contributed by atoms with Crippen LogP contribution in [0.4, 0.5) is 0 Å². The molecule has 0 N–H and O–H groups in total. The maximum atomic E-state index is 3.40. The minimum absolute atomic E-state index is 0.834. The summed E-state index contributed by atoms with van der Waals surface area (Å²) in [5.74, 6) is 0. The highest BCUT2D eigenvalue weighted by molar-refractivity contribution is 5.74. The number of fused-ring (bicyclic) bond motifs is 2. The molecule has 0 saturated carbocycles. The van der Waals surface area contributed by atoms with Crippen LogP contribution in [0.15, 0.2) is 169 Å². The molecule has 0 unspecified atom stereocenters. The SMILES string of the molecule is C1=C=C=c2c(-c3ccccc3)ccc(-c3ccccc3)c2=C=C=C=C=c2c(-c3ccc(-c4ccccc4)cc3)cccc2=C=1. The first-order valence-electron chi connectivity index (χ1n) is 14.5. The topological polar surface area (TPSA) is 0 Å². The Morgan fingerprint density at radius 2 is 0.636 bits per heavy atom. The van der Waals surface area contributed by atoms with E-state index in [0.29, 0.717) is 0 Å². The summed E-state index contributed by atoms with van der Waals surface area (Å²) in [6, 6.07) is 49.9. The molecule has 6 aromatic carbocycles. The molecule has 200 valence electrons. The molecule has 0 heterocycles. The average Bonchev–Trinajstić information content (AvgIpc) is 3.09. The summed E-state index contributed by atoms with van der Waals surface area (Å²) in [6.45, 7) is 0. The summed E-state index contributed by atoms with van der Waals surface area (Å²) in [4.78, 5) is 0. The molecule has 0 aliphatic heterocycles. The van der Waals surface area contributed by atoms with Crippen LogP contribution >= 0.6 is 0 Å². The van der Waals surface area contributed by atoms with Crippen LogP contribution in [0.25, 0.3) is 67.4 Å². The zero-order chi connectivity index (χ0) is 29.6. The summed E-state index contributed by atoms with van der Waals surface area (Å²) in [5, 5.41) is 3.40. The van der Waals surface area contributed by atoms with Crippen LogP contribution < -0.4 is 20.9 Å². The normalized spacial score (nSPS) is 10.7. The van der Waals surface area contributed by atoms with Crippen molar-refractivity contribution < 1.29 is 0 Å². The Morgan fingerprint density at radius 3 is 1.18 bits per heavy atom. The lowest BCUT2D eigenvalue weighted by molar-refractivity contribution is 1.49. The van der Waals surface area contributed by atoms with Crippen molar-refractivity contribution in [3.8, 4) is 44.5 Å². The molecule has 0 radical (unpaired) electrons. The largest absolute Gasteiger partial charge is 0.0622 e. The molecular formula is C44H24. The van der Waals surface area contributed by atoms with Gasteiger partial charge in [0.05, 0.1) is 0 Å². The van der Waals surface area contributed by atoms with E-state index in [1.807, 2.05) is 54.6 Å². The summed E-state index contributed by atoms with van der Waals surface area (Å²) < 4.78 is 0. The lowest BCUT2D eigenvalue weighted by atomic mass is 9.96. The first kappa shape index (κ1) is 26.5. The van der Waals surface area contributed by atoms with E-state index in [2.05, 4.69) is 137 Å². The van der Waals surface area contributed by atoms with Gasteiger partial charge in [0.1, 0.15) is 0 Å². The van der Waals surface area contributed by atoms with E-state index >= 15 is 0 Å². The fourth-order valence-corrected chi connectivity index (χ4v) is 5.46. The fourth-order valence-electron chi connectivity index (χ4n) is 5.46. The van der Waals surface area contributed by atoms with E-state index in [9.17, 15) is 0 Å². The summed E-state index contributed by atoms with van der Waals surface area (Å²) in [6.07, 6.45) is 0. The monoisotopic (exact) mass is 552 g/mol. The van der Waals surface area contributed by atoms with Crippen LogP contribution in [-0.4, -0.2) is 0 Å². The third kappa shape index (κ3) is 5.42. The maximum Gasteiger partial charge on any atom is 0.0497 e. The maximum absolute atomic E-state index is 3.40. The van der Waals surface area contributed by atoms with Crippen molar-refractivity contribution in [1.82, 2.24) is 0 Å². The molecule has 0 amide bonds. The molecule has 0 spiro atoms. The molecule has 0 nitrogen and oxygen atoms in total. The molecule has 7 rings (SSSR count). The molecule has 0 heteroatoms. The van der Waals surface area contributed by atoms with Crippen LogP contribution in [0.1, 0.15) is 0 Å². The molecule has 0 saturated heterocycles. The van der Waals surface area contributed by atoms with Crippen LogP contribution in [0.3, 0.4) is 0 Å². The van der Waals surface area contributed by atoms with Gasteiger partial charge in [-0.2, -0.15) is 0 Å². The second-order valence-corrected chi connectivity index (χ2v) is 10.3. The lowest BCUT2D eigenvalue weighted by Gasteiger charge is -2.07. The second-order valence-electron chi connectivity index (χ2n) is 10.3. The number of benzene rings is 6. The Hall–Kier alpha value is -6.44. The minimum Gasteiger partial charge on any atom is -0.0622 e. The van der Waals surface area contributed by atoms with E-state index in [1.165, 1.54) is 11.1 Å². The third-order valence-corrected chi connectivity index (χ3v) is 7.63. The molecule has 6 aromatic rings. The first-order valence-corrected chi connectivity index (χ1v) is 14.5. The van der Waals surface area contributed by atoms with Gasteiger partial charge in [0.25, 0.3) is 0 Å². The summed E-state index contributed by atoms with van der Waals surface area (Å²) in [5.41, 5.74) is 34.7. The quantitative estimate of drug-likeness (QED) is 0.201. The lowest BCUT2D eigenvalue weighted by Crippen LogP contribution is -2.27. The predicted octanol–water partition coefficient (Wildman–Crippen LogP) is 7.32. The molecule has 0 fully saturated rings. The summed E-state index contributed by atoms with van der Waals surface area (Å²) >= 11 is 0. The Bertz CT molecular complexity index is 2530. The van der Waals surface area contributed by atoms with Gasteiger partial charge in [0.15, 0.2) is 0 Å². The van der Waals surface area contributed by atoms with E-state index in [1.54, 1.807) is 0 Å². The molecule has 0 atom stereocenters. The van der Waals surface area contributed by atoms with Crippen molar-refractivity contribution in [2.24, 2.45) is 0 Å². The molecule has 1 aliphatic rings. The zero-order valence-corrected chi connectivity index (χ0v) is 23.9. The Labute approximate surface area is 256 Å². The standard InChI is InChI=1S/C44H24/c1-4-15-33(16-5-1)34-27-29-38(30-28-34)40-26-14-22-37-21-10-11-24-43-41(35-17-6-2-7-18-35)31-32-42(36-19-8-3-9-20-36)44(43)25-13-12-23-39(37)40/h1-9,14-20,22,26-32H. The summed E-state index contributed by atoms with van der Waals surface area (Å²) in [7, 11) is 0. The van der Waals surface area contributed by atoms with Crippen molar-refractivity contribution >= 4 is 22.9 Å². The van der Waals surface area contributed by atoms with Crippen molar-refractivity contribution in [2.45, 2.75) is 0 Å². The van der Waals surface area contributed by atoms with Crippen molar-refractivity contribution in [2.75, 3.05) is 0 Å². The van der Waals surface area contributed by atoms with E-state index in [4.69, 9.17) is 0 Å². The number of hydrogen-bond donors (Lipinski definition) is 0. The highest BCUT2D eigenvalue weighted by Crippen LogP contribution is 2.23. The third-order valence-electron chi connectivity index (χ3n) is 7.63. The van der Waals surface area contributed by atoms with Gasteiger partial charge in [-0.3, -0.25) is 0 Å². The van der Waals surface area contributed by atoms with Gasteiger partial charge in [-0.25, -0.2) is 0 Å². The Balaban J connectivity index is 1.55. The molecular weight excluding hydrogens is 528 g/mol. The highest BCUT2D eigenvalue weighted by atomic mass is 14.1. The minimum atomic E-state index is 0.834. The molecule has 0 bridgehead atoms. The van der Waals surface area contributed by atoms with E-state index < -0.39 is 0 Å². The Kier molecular flexibility index (Phi) is 7.34. The van der Waals surface area contributed by atoms with Crippen LogP contribution in [0.5, 0.6) is 0 Å².